The second-order valence-corrected chi connectivity index (χ2v) is 2.43. The van der Waals surface area contributed by atoms with Crippen LogP contribution in [0.25, 0.3) is 0 Å². The van der Waals surface area contributed by atoms with Crippen LogP contribution >= 0.6 is 0 Å². The van der Waals surface area contributed by atoms with E-state index in [1.165, 1.54) is 0 Å². The fourth-order valence-electron chi connectivity index (χ4n) is 0.675. The molecule has 0 aromatic rings. The van der Waals surface area contributed by atoms with Gasteiger partial charge in [-0.3, -0.25) is 0 Å². The zero-order valence-electron chi connectivity index (χ0n) is 6.84. The first-order chi connectivity index (χ1) is 7.07. The molecular formula is C6F8O2. The van der Waals surface area contributed by atoms with Gasteiger partial charge in [0.05, 0.1) is 0 Å². The van der Waals surface area contributed by atoms with E-state index in [-0.39, 0.29) is 0 Å². The van der Waals surface area contributed by atoms with E-state index >= 15 is 0 Å². The molecule has 0 saturated heterocycles. The molecule has 0 aliphatic carbocycles. The van der Waals surface area contributed by atoms with Crippen molar-refractivity contribution in [1.82, 2.24) is 0 Å². The third-order valence-corrected chi connectivity index (χ3v) is 1.35. The monoisotopic (exact) mass is 256 g/mol. The molecule has 0 saturated carbocycles. The van der Waals surface area contributed by atoms with Crippen molar-refractivity contribution in [3.63, 3.8) is 0 Å². The maximum Gasteiger partial charge on any atom is 0.461 e. The second-order valence-electron chi connectivity index (χ2n) is 2.43. The van der Waals surface area contributed by atoms with Crippen LogP contribution in [0.3, 0.4) is 0 Å². The van der Waals surface area contributed by atoms with Gasteiger partial charge in [-0.15, -0.1) is 0 Å². The highest BCUT2D eigenvalue weighted by Gasteiger charge is 2.65. The first-order valence-electron chi connectivity index (χ1n) is 3.33. The molecule has 1 aliphatic heterocycles. The molecular weight excluding hydrogens is 256 g/mol. The van der Waals surface area contributed by atoms with Gasteiger partial charge in [-0.1, -0.05) is 0 Å². The summed E-state index contributed by atoms with van der Waals surface area (Å²) in [4.78, 5) is 0. The summed E-state index contributed by atoms with van der Waals surface area (Å²) in [5.74, 6) is -10.5. The van der Waals surface area contributed by atoms with E-state index in [9.17, 15) is 35.1 Å². The maximum absolute atomic E-state index is 12.4. The van der Waals surface area contributed by atoms with Gasteiger partial charge in [0, 0.05) is 0 Å². The largest absolute Gasteiger partial charge is 0.461 e. The van der Waals surface area contributed by atoms with Crippen molar-refractivity contribution in [2.45, 2.75) is 12.1 Å². The van der Waals surface area contributed by atoms with Gasteiger partial charge in [0.25, 0.3) is 5.76 Å². The number of ether oxygens (including phenoxy) is 2. The van der Waals surface area contributed by atoms with Crippen LogP contribution in [0.15, 0.2) is 23.8 Å². The average Bonchev–Trinajstić information content (AvgIpc) is 2.45. The van der Waals surface area contributed by atoms with Crippen molar-refractivity contribution in [2.75, 3.05) is 0 Å². The van der Waals surface area contributed by atoms with Crippen LogP contribution < -0.4 is 0 Å². The normalized spacial score (nSPS) is 17.4. The molecule has 92 valence electrons. The van der Waals surface area contributed by atoms with Crippen LogP contribution in [0.1, 0.15) is 0 Å². The van der Waals surface area contributed by atoms with Crippen LogP contribution in [0, 0.1) is 0 Å². The standard InChI is InChI=1S/C6F8O2/c7-2(8)4-15-1(3(9)16-4)5(10,11)6(12,13)14. The van der Waals surface area contributed by atoms with Crippen LogP contribution in [0.2, 0.25) is 0 Å². The van der Waals surface area contributed by atoms with E-state index in [1.54, 1.807) is 0 Å². The zero-order chi connectivity index (χ0) is 12.7. The average molecular weight is 256 g/mol. The van der Waals surface area contributed by atoms with E-state index in [2.05, 4.69) is 9.47 Å². The second kappa shape index (κ2) is 3.52. The molecule has 0 atom stereocenters. The summed E-state index contributed by atoms with van der Waals surface area (Å²) in [5, 5.41) is 0. The number of halogens is 8. The van der Waals surface area contributed by atoms with Crippen molar-refractivity contribution in [3.8, 4) is 0 Å². The van der Waals surface area contributed by atoms with Gasteiger partial charge in [0.1, 0.15) is 0 Å². The summed E-state index contributed by atoms with van der Waals surface area (Å²) in [7, 11) is 0. The Morgan fingerprint density at radius 3 is 1.75 bits per heavy atom. The molecule has 0 bridgehead atoms. The molecule has 1 aliphatic rings. The Balaban J connectivity index is 3.09. The van der Waals surface area contributed by atoms with Gasteiger partial charge in [-0.05, 0) is 0 Å². The molecule has 1 heterocycles. The van der Waals surface area contributed by atoms with Gasteiger partial charge in [-0.25, -0.2) is 0 Å². The molecule has 0 amide bonds. The number of allylic oxidation sites excluding steroid dienone is 1. The van der Waals surface area contributed by atoms with Gasteiger partial charge in [-0.2, -0.15) is 35.1 Å². The molecule has 0 aromatic carbocycles. The molecule has 1 rings (SSSR count). The fraction of sp³-hybridized carbons (Fsp3) is 0.333. The minimum absolute atomic E-state index is 2.04. The highest BCUT2D eigenvalue weighted by molar-refractivity contribution is 5.17. The minimum atomic E-state index is -6.19. The minimum Gasteiger partial charge on any atom is -0.413 e. The topological polar surface area (TPSA) is 18.5 Å². The molecule has 0 aromatic heterocycles. The molecule has 0 unspecified atom stereocenters. The Kier molecular flexibility index (Phi) is 2.77. The van der Waals surface area contributed by atoms with E-state index in [1.807, 2.05) is 0 Å². The van der Waals surface area contributed by atoms with Crippen LogP contribution in [0.4, 0.5) is 35.1 Å². The molecule has 16 heavy (non-hydrogen) atoms. The molecule has 2 nitrogen and oxygen atoms in total. The van der Waals surface area contributed by atoms with Crippen LogP contribution in [-0.4, -0.2) is 12.1 Å². The van der Waals surface area contributed by atoms with E-state index < -0.39 is 35.9 Å². The van der Waals surface area contributed by atoms with Crippen molar-refractivity contribution < 1.29 is 44.6 Å². The summed E-state index contributed by atoms with van der Waals surface area (Å²) in [6, 6.07) is -2.56. The molecule has 0 spiro atoms. The lowest BCUT2D eigenvalue weighted by Gasteiger charge is -2.17. The molecule has 0 N–H and O–H groups in total. The summed E-state index contributed by atoms with van der Waals surface area (Å²) in [6.45, 7) is 0. The Bertz CT molecular complexity index is 361. The third-order valence-electron chi connectivity index (χ3n) is 1.35. The Morgan fingerprint density at radius 1 is 0.938 bits per heavy atom. The highest BCUT2D eigenvalue weighted by Crippen LogP contribution is 2.46. The van der Waals surface area contributed by atoms with E-state index in [0.717, 1.165) is 0 Å². The van der Waals surface area contributed by atoms with Crippen LogP contribution in [-0.2, 0) is 9.47 Å². The Hall–Kier alpha value is -1.48. The Labute approximate surface area is 81.7 Å². The number of hydrogen-bond acceptors (Lipinski definition) is 2. The molecule has 0 radical (unpaired) electrons. The number of hydrogen-bond donors (Lipinski definition) is 0. The predicted octanol–water partition coefficient (Wildman–Crippen LogP) is 3.44. The van der Waals surface area contributed by atoms with Crippen molar-refractivity contribution in [1.29, 1.82) is 0 Å². The lowest BCUT2D eigenvalue weighted by Crippen LogP contribution is -2.38. The first-order valence-corrected chi connectivity index (χ1v) is 3.33. The third kappa shape index (κ3) is 1.91. The van der Waals surface area contributed by atoms with Crippen molar-refractivity contribution >= 4 is 0 Å². The van der Waals surface area contributed by atoms with Gasteiger partial charge < -0.3 is 9.47 Å². The lowest BCUT2D eigenvalue weighted by atomic mass is 10.3. The smallest absolute Gasteiger partial charge is 0.413 e. The number of rotatable bonds is 1. The summed E-state index contributed by atoms with van der Waals surface area (Å²) in [5.41, 5.74) is 0. The van der Waals surface area contributed by atoms with E-state index in [4.69, 9.17) is 0 Å². The van der Waals surface area contributed by atoms with E-state index in [0.29, 0.717) is 0 Å². The molecule has 0 fully saturated rings. The number of alkyl halides is 5. The zero-order valence-corrected chi connectivity index (χ0v) is 6.84. The van der Waals surface area contributed by atoms with Gasteiger partial charge in [0.15, 0.2) is 0 Å². The maximum atomic E-state index is 12.4. The van der Waals surface area contributed by atoms with Gasteiger partial charge in [0.2, 0.25) is 0 Å². The molecule has 10 heteroatoms. The van der Waals surface area contributed by atoms with Crippen molar-refractivity contribution in [2.24, 2.45) is 0 Å². The Morgan fingerprint density at radius 2 is 1.44 bits per heavy atom. The lowest BCUT2D eigenvalue weighted by molar-refractivity contribution is -0.275. The predicted molar refractivity (Wildman–Crippen MR) is 30.5 cm³/mol. The quantitative estimate of drug-likeness (QED) is 0.669. The summed E-state index contributed by atoms with van der Waals surface area (Å²) < 4.78 is 102. The SMILES string of the molecule is FC(F)=C1OC(F)=C(C(F)(F)C(F)(F)F)O1. The van der Waals surface area contributed by atoms with Crippen molar-refractivity contribution in [3.05, 3.63) is 23.8 Å². The van der Waals surface area contributed by atoms with Gasteiger partial charge >= 0.3 is 30.1 Å². The summed E-state index contributed by atoms with van der Waals surface area (Å²) >= 11 is 0. The van der Waals surface area contributed by atoms with Crippen LogP contribution in [0.5, 0.6) is 0 Å². The summed E-state index contributed by atoms with van der Waals surface area (Å²) in [6.07, 6.45) is -9.06. The highest BCUT2D eigenvalue weighted by atomic mass is 19.4. The first kappa shape index (κ1) is 12.6. The fourth-order valence-corrected chi connectivity index (χ4v) is 0.675.